The number of rotatable bonds is 4. The highest BCUT2D eigenvalue weighted by Gasteiger charge is 2.27. The van der Waals surface area contributed by atoms with E-state index in [1.165, 1.54) is 34.4 Å². The molecule has 0 saturated carbocycles. The zero-order chi connectivity index (χ0) is 18.8. The Morgan fingerprint density at radius 1 is 1.00 bits per heavy atom. The van der Waals surface area contributed by atoms with E-state index in [-0.39, 0.29) is 6.04 Å². The lowest BCUT2D eigenvalue weighted by molar-refractivity contribution is 0.220. The monoisotopic (exact) mass is 360 g/mol. The number of hydrogen-bond acceptors (Lipinski definition) is 2. The fourth-order valence-electron chi connectivity index (χ4n) is 4.17. The van der Waals surface area contributed by atoms with Gasteiger partial charge in [-0.05, 0) is 61.2 Å². The lowest BCUT2D eigenvalue weighted by Crippen LogP contribution is -2.29. The highest BCUT2D eigenvalue weighted by atomic mass is 16.5. The van der Waals surface area contributed by atoms with Crippen LogP contribution in [0.15, 0.2) is 60.8 Å². The predicted octanol–water partition coefficient (Wildman–Crippen LogP) is 5.11. The molecule has 27 heavy (non-hydrogen) atoms. The largest absolute Gasteiger partial charge is 0.497 e. The van der Waals surface area contributed by atoms with E-state index in [0.717, 1.165) is 25.4 Å². The summed E-state index contributed by atoms with van der Waals surface area (Å²) in [5.74, 6) is 0.906. The highest BCUT2D eigenvalue weighted by Crippen LogP contribution is 2.34. The van der Waals surface area contributed by atoms with E-state index in [0.29, 0.717) is 0 Å². The van der Waals surface area contributed by atoms with Crippen LogP contribution in [0.2, 0.25) is 0 Å². The fraction of sp³-hybridized carbons (Fsp3) is 0.333. The molecule has 0 bridgehead atoms. The maximum absolute atomic E-state index is 5.37. The quantitative estimate of drug-likeness (QED) is 0.643. The molecular formula is C24H28N2O. The number of hydrogen-bond donors (Lipinski definition) is 0. The highest BCUT2D eigenvalue weighted by molar-refractivity contribution is 5.36. The molecule has 0 spiro atoms. The predicted molar refractivity (Wildman–Crippen MR) is 110 cm³/mol. The first-order valence-corrected chi connectivity index (χ1v) is 9.75. The van der Waals surface area contributed by atoms with Gasteiger partial charge in [-0.2, -0.15) is 0 Å². The lowest BCUT2D eigenvalue weighted by Gasteiger charge is -2.31. The smallest absolute Gasteiger partial charge is 0.118 e. The first kappa shape index (κ1) is 17.9. The van der Waals surface area contributed by atoms with Crippen LogP contribution in [0.5, 0.6) is 5.75 Å². The van der Waals surface area contributed by atoms with Crippen molar-refractivity contribution in [3.05, 3.63) is 88.7 Å². The van der Waals surface area contributed by atoms with Crippen molar-refractivity contribution < 1.29 is 4.74 Å². The van der Waals surface area contributed by atoms with Crippen molar-refractivity contribution in [2.75, 3.05) is 13.7 Å². The van der Waals surface area contributed by atoms with Crippen LogP contribution in [0.3, 0.4) is 0 Å². The fourth-order valence-corrected chi connectivity index (χ4v) is 4.17. The summed E-state index contributed by atoms with van der Waals surface area (Å²) in [5, 5.41) is 0. The Balaban J connectivity index is 1.74. The third-order valence-corrected chi connectivity index (χ3v) is 5.66. The molecule has 1 aromatic heterocycles. The molecule has 0 aliphatic carbocycles. The molecule has 1 aliphatic heterocycles. The van der Waals surface area contributed by atoms with E-state index in [1.54, 1.807) is 7.11 Å². The minimum Gasteiger partial charge on any atom is -0.497 e. The Morgan fingerprint density at radius 3 is 2.59 bits per heavy atom. The number of ether oxygens (including phenoxy) is 1. The summed E-state index contributed by atoms with van der Waals surface area (Å²) in [4.78, 5) is 2.63. The van der Waals surface area contributed by atoms with Crippen LogP contribution in [0, 0.1) is 13.8 Å². The maximum Gasteiger partial charge on any atom is 0.118 e. The molecule has 3 heteroatoms. The summed E-state index contributed by atoms with van der Waals surface area (Å²) in [7, 11) is 1.72. The molecular weight excluding hydrogens is 332 g/mol. The van der Waals surface area contributed by atoms with Crippen molar-refractivity contribution in [3.8, 4) is 5.75 Å². The number of fused-ring (bicyclic) bond motifs is 1. The molecule has 4 rings (SSSR count). The standard InChI is InChI=1S/C24H28N2O/c1-18-7-8-19(2)21(16-18)17-26-15-5-14-25-13-4-6-23(25)24(26)20-9-11-22(27-3)12-10-20/h4,6-13,16,24H,5,14-15,17H2,1-3H3/t24-/m0/s1. The second-order valence-corrected chi connectivity index (χ2v) is 7.56. The van der Waals surface area contributed by atoms with Gasteiger partial charge in [0.2, 0.25) is 0 Å². The van der Waals surface area contributed by atoms with Gasteiger partial charge < -0.3 is 9.30 Å². The third-order valence-electron chi connectivity index (χ3n) is 5.66. The molecule has 140 valence electrons. The van der Waals surface area contributed by atoms with Gasteiger partial charge in [0.25, 0.3) is 0 Å². The average Bonchev–Trinajstić information content (AvgIpc) is 3.06. The van der Waals surface area contributed by atoms with E-state index in [4.69, 9.17) is 4.74 Å². The van der Waals surface area contributed by atoms with Crippen molar-refractivity contribution in [2.24, 2.45) is 0 Å². The van der Waals surface area contributed by atoms with Gasteiger partial charge in [-0.1, -0.05) is 35.9 Å². The molecule has 0 N–H and O–H groups in total. The van der Waals surface area contributed by atoms with Gasteiger partial charge in [0.15, 0.2) is 0 Å². The van der Waals surface area contributed by atoms with Gasteiger partial charge in [-0.25, -0.2) is 0 Å². The molecule has 0 fully saturated rings. The third kappa shape index (κ3) is 3.65. The zero-order valence-corrected chi connectivity index (χ0v) is 16.5. The number of aryl methyl sites for hydroxylation is 3. The molecule has 2 aromatic carbocycles. The first-order valence-electron chi connectivity index (χ1n) is 9.75. The molecule has 3 aromatic rings. The van der Waals surface area contributed by atoms with Crippen molar-refractivity contribution >= 4 is 0 Å². The van der Waals surface area contributed by atoms with Crippen LogP contribution in [0.25, 0.3) is 0 Å². The van der Waals surface area contributed by atoms with Gasteiger partial charge >= 0.3 is 0 Å². The zero-order valence-electron chi connectivity index (χ0n) is 16.5. The van der Waals surface area contributed by atoms with Crippen LogP contribution < -0.4 is 4.74 Å². The molecule has 2 heterocycles. The summed E-state index contributed by atoms with van der Waals surface area (Å²) in [6.07, 6.45) is 3.38. The van der Waals surface area contributed by atoms with Crippen molar-refractivity contribution in [1.29, 1.82) is 0 Å². The van der Waals surface area contributed by atoms with E-state index >= 15 is 0 Å². The van der Waals surface area contributed by atoms with Crippen LogP contribution in [-0.2, 0) is 13.1 Å². The topological polar surface area (TPSA) is 17.4 Å². The molecule has 3 nitrogen and oxygen atoms in total. The maximum atomic E-state index is 5.37. The van der Waals surface area contributed by atoms with Gasteiger partial charge in [-0.15, -0.1) is 0 Å². The molecule has 0 saturated heterocycles. The molecule has 0 radical (unpaired) electrons. The van der Waals surface area contributed by atoms with Gasteiger partial charge in [0.1, 0.15) is 5.75 Å². The SMILES string of the molecule is COc1ccc([C@H]2c3cccn3CCCN2Cc2cc(C)ccc2C)cc1. The Bertz CT molecular complexity index is 910. The first-order chi connectivity index (χ1) is 13.2. The van der Waals surface area contributed by atoms with Crippen LogP contribution in [0.4, 0.5) is 0 Å². The van der Waals surface area contributed by atoms with E-state index in [1.807, 2.05) is 0 Å². The minimum atomic E-state index is 0.258. The van der Waals surface area contributed by atoms with Crippen molar-refractivity contribution in [3.63, 3.8) is 0 Å². The van der Waals surface area contributed by atoms with Crippen molar-refractivity contribution in [2.45, 2.75) is 39.4 Å². The number of aromatic nitrogens is 1. The Hall–Kier alpha value is -2.52. The Morgan fingerprint density at radius 2 is 1.81 bits per heavy atom. The lowest BCUT2D eigenvalue weighted by atomic mass is 9.99. The molecule has 1 aliphatic rings. The summed E-state index contributed by atoms with van der Waals surface area (Å²) in [5.41, 5.74) is 6.82. The van der Waals surface area contributed by atoms with Gasteiger partial charge in [-0.3, -0.25) is 4.90 Å². The summed E-state index contributed by atoms with van der Waals surface area (Å²) < 4.78 is 7.78. The van der Waals surface area contributed by atoms with Crippen LogP contribution in [0.1, 0.15) is 40.4 Å². The average molecular weight is 361 g/mol. The number of methoxy groups -OCH3 is 1. The summed E-state index contributed by atoms with van der Waals surface area (Å²) in [6, 6.07) is 20.1. The number of nitrogens with zero attached hydrogens (tertiary/aromatic N) is 2. The Labute approximate surface area is 162 Å². The number of benzene rings is 2. The van der Waals surface area contributed by atoms with E-state index in [9.17, 15) is 0 Å². The van der Waals surface area contributed by atoms with E-state index in [2.05, 4.69) is 84.1 Å². The van der Waals surface area contributed by atoms with Gasteiger partial charge in [0, 0.05) is 31.5 Å². The minimum absolute atomic E-state index is 0.258. The normalized spacial score (nSPS) is 17.4. The Kier molecular flexibility index (Phi) is 5.04. The molecule has 0 unspecified atom stereocenters. The molecule has 1 atom stereocenters. The second kappa shape index (κ2) is 7.61. The molecule has 0 amide bonds. The summed E-state index contributed by atoms with van der Waals surface area (Å²) >= 11 is 0. The van der Waals surface area contributed by atoms with Gasteiger partial charge in [0.05, 0.1) is 13.2 Å². The summed E-state index contributed by atoms with van der Waals surface area (Å²) in [6.45, 7) is 7.54. The van der Waals surface area contributed by atoms with Crippen molar-refractivity contribution in [1.82, 2.24) is 9.47 Å². The second-order valence-electron chi connectivity index (χ2n) is 7.56. The van der Waals surface area contributed by atoms with E-state index < -0.39 is 0 Å². The van der Waals surface area contributed by atoms with Crippen LogP contribution >= 0.6 is 0 Å². The van der Waals surface area contributed by atoms with Crippen LogP contribution in [-0.4, -0.2) is 23.1 Å².